The molecule has 2 aliphatic rings. The van der Waals surface area contributed by atoms with E-state index < -0.39 is 40.0 Å². The van der Waals surface area contributed by atoms with Gasteiger partial charge in [-0.05, 0) is 55.9 Å². The SMILES string of the molecule is CC(C)C[C@@H](C(=O)NN(CC1CCC1)S(C)(=O)=O)[C@H](C/C=C/c1ccccc1)C(=O)NOC1CCCCO1. The largest absolute Gasteiger partial charge is 0.350 e. The predicted molar refractivity (Wildman–Crippen MR) is 146 cm³/mol. The Morgan fingerprint density at radius 1 is 1.08 bits per heavy atom. The summed E-state index contributed by atoms with van der Waals surface area (Å²) in [5.74, 6) is -2.12. The van der Waals surface area contributed by atoms with Crippen molar-refractivity contribution in [3.8, 4) is 0 Å². The van der Waals surface area contributed by atoms with Gasteiger partial charge in [0.1, 0.15) is 0 Å². The Balaban J connectivity index is 1.79. The second kappa shape index (κ2) is 14.8. The van der Waals surface area contributed by atoms with E-state index >= 15 is 0 Å². The van der Waals surface area contributed by atoms with Crippen LogP contribution >= 0.6 is 0 Å². The highest BCUT2D eigenvalue weighted by Crippen LogP contribution is 2.29. The Labute approximate surface area is 227 Å². The van der Waals surface area contributed by atoms with Crippen LogP contribution < -0.4 is 10.9 Å². The Morgan fingerprint density at radius 3 is 2.39 bits per heavy atom. The van der Waals surface area contributed by atoms with Crippen molar-refractivity contribution in [1.29, 1.82) is 0 Å². The first-order chi connectivity index (χ1) is 18.1. The molecule has 0 aromatic heterocycles. The highest BCUT2D eigenvalue weighted by atomic mass is 32.2. The zero-order chi connectivity index (χ0) is 27.5. The monoisotopic (exact) mass is 549 g/mol. The van der Waals surface area contributed by atoms with Crippen molar-refractivity contribution in [2.45, 2.75) is 71.5 Å². The molecule has 2 N–H and O–H groups in total. The summed E-state index contributed by atoms with van der Waals surface area (Å²) >= 11 is 0. The minimum Gasteiger partial charge on any atom is -0.350 e. The Bertz CT molecular complexity index is 1020. The summed E-state index contributed by atoms with van der Waals surface area (Å²) in [7, 11) is -3.67. The molecule has 1 saturated carbocycles. The third-order valence-electron chi connectivity index (χ3n) is 7.10. The van der Waals surface area contributed by atoms with Crippen LogP contribution in [0.4, 0.5) is 0 Å². The maximum absolute atomic E-state index is 13.6. The molecule has 3 atom stereocenters. The van der Waals surface area contributed by atoms with Crippen LogP contribution in [0.25, 0.3) is 6.08 Å². The molecule has 2 fully saturated rings. The quantitative estimate of drug-likeness (QED) is 0.339. The summed E-state index contributed by atoms with van der Waals surface area (Å²) in [6.07, 6.45) is 10.6. The molecule has 38 heavy (non-hydrogen) atoms. The summed E-state index contributed by atoms with van der Waals surface area (Å²) in [5.41, 5.74) is 6.16. The predicted octanol–water partition coefficient (Wildman–Crippen LogP) is 4.04. The topological polar surface area (TPSA) is 114 Å². The summed E-state index contributed by atoms with van der Waals surface area (Å²) in [6.45, 7) is 4.77. The van der Waals surface area contributed by atoms with E-state index in [0.29, 0.717) is 19.4 Å². The fourth-order valence-corrected chi connectivity index (χ4v) is 5.45. The number of hydroxylamine groups is 1. The summed E-state index contributed by atoms with van der Waals surface area (Å²) in [6, 6.07) is 9.70. The second-order valence-corrected chi connectivity index (χ2v) is 12.7. The third-order valence-corrected chi connectivity index (χ3v) is 8.14. The Morgan fingerprint density at radius 2 is 1.82 bits per heavy atom. The van der Waals surface area contributed by atoms with E-state index in [-0.39, 0.29) is 24.8 Å². The lowest BCUT2D eigenvalue weighted by molar-refractivity contribution is -0.203. The first-order valence-corrected chi connectivity index (χ1v) is 15.5. The molecule has 1 aromatic carbocycles. The number of hydrazine groups is 1. The molecule has 0 spiro atoms. The van der Waals surface area contributed by atoms with Crippen LogP contribution in [0.2, 0.25) is 0 Å². The molecule has 10 heteroatoms. The standard InChI is InChI=1S/C28H43N3O6S/c1-21(2)19-25(27(32)29-31(38(3,34)35)20-23-14-9-15-23)24(16-10-13-22-11-5-4-6-12-22)28(33)30-37-26-17-7-8-18-36-26/h4-6,10-13,21,23-26H,7-9,14-20H2,1-3H3,(H,29,32)(H,30,33)/b13-10+/t24-,25+,26?/m0/s1. The molecule has 1 unspecified atom stereocenters. The van der Waals surface area contributed by atoms with E-state index in [1.165, 1.54) is 0 Å². The number of benzene rings is 1. The molecule has 1 aliphatic carbocycles. The van der Waals surface area contributed by atoms with Gasteiger partial charge < -0.3 is 4.74 Å². The highest BCUT2D eigenvalue weighted by Gasteiger charge is 2.36. The van der Waals surface area contributed by atoms with Crippen LogP contribution in [-0.4, -0.2) is 50.3 Å². The van der Waals surface area contributed by atoms with Gasteiger partial charge in [0.25, 0.3) is 0 Å². The smallest absolute Gasteiger partial charge is 0.247 e. The van der Waals surface area contributed by atoms with Crippen LogP contribution in [0, 0.1) is 23.7 Å². The van der Waals surface area contributed by atoms with Crippen LogP contribution in [0.1, 0.15) is 70.8 Å². The van der Waals surface area contributed by atoms with Gasteiger partial charge in [0.2, 0.25) is 21.8 Å². The maximum atomic E-state index is 13.6. The number of nitrogens with zero attached hydrogens (tertiary/aromatic N) is 1. The average Bonchev–Trinajstić information content (AvgIpc) is 2.85. The molecule has 1 aromatic rings. The highest BCUT2D eigenvalue weighted by molar-refractivity contribution is 7.88. The number of amides is 2. The molecule has 9 nitrogen and oxygen atoms in total. The Hall–Kier alpha value is -2.27. The maximum Gasteiger partial charge on any atom is 0.247 e. The van der Waals surface area contributed by atoms with Gasteiger partial charge in [0, 0.05) is 19.6 Å². The summed E-state index contributed by atoms with van der Waals surface area (Å²) < 4.78 is 31.6. The van der Waals surface area contributed by atoms with Crippen molar-refractivity contribution >= 4 is 27.9 Å². The molecule has 212 valence electrons. The van der Waals surface area contributed by atoms with Crippen molar-refractivity contribution in [2.24, 2.45) is 23.7 Å². The number of carbonyl (C=O) groups excluding carboxylic acids is 2. The number of hydrogen-bond donors (Lipinski definition) is 2. The van der Waals surface area contributed by atoms with E-state index in [4.69, 9.17) is 9.57 Å². The van der Waals surface area contributed by atoms with Gasteiger partial charge in [-0.15, -0.1) is 4.41 Å². The van der Waals surface area contributed by atoms with Crippen LogP contribution in [-0.2, 0) is 29.2 Å². The van der Waals surface area contributed by atoms with Crippen molar-refractivity contribution < 1.29 is 27.6 Å². The van der Waals surface area contributed by atoms with Crippen molar-refractivity contribution in [2.75, 3.05) is 19.4 Å². The van der Waals surface area contributed by atoms with Gasteiger partial charge in [0.05, 0.1) is 18.1 Å². The van der Waals surface area contributed by atoms with Crippen molar-refractivity contribution in [3.05, 3.63) is 42.0 Å². The minimum atomic E-state index is -3.67. The fraction of sp³-hybridized carbons (Fsp3) is 0.643. The van der Waals surface area contributed by atoms with Crippen LogP contribution in [0.3, 0.4) is 0 Å². The molecule has 0 radical (unpaired) electrons. The molecule has 3 rings (SSSR count). The molecule has 1 heterocycles. The van der Waals surface area contributed by atoms with E-state index in [1.54, 1.807) is 0 Å². The number of rotatable bonds is 14. The molecule has 1 saturated heterocycles. The molecule has 0 bridgehead atoms. The molecule has 1 aliphatic heterocycles. The van der Waals surface area contributed by atoms with Crippen LogP contribution in [0.5, 0.6) is 0 Å². The van der Waals surface area contributed by atoms with E-state index in [2.05, 4.69) is 10.9 Å². The molecular weight excluding hydrogens is 506 g/mol. The number of sulfonamides is 1. The van der Waals surface area contributed by atoms with E-state index in [0.717, 1.165) is 48.3 Å². The average molecular weight is 550 g/mol. The number of nitrogens with one attached hydrogen (secondary N) is 2. The first kappa shape index (κ1) is 30.3. The lowest BCUT2D eigenvalue weighted by Gasteiger charge is -2.33. The number of allylic oxidation sites excluding steroid dienone is 1. The van der Waals surface area contributed by atoms with Gasteiger partial charge in [-0.1, -0.05) is 62.8 Å². The van der Waals surface area contributed by atoms with Crippen molar-refractivity contribution in [1.82, 2.24) is 15.3 Å². The lowest BCUT2D eigenvalue weighted by Crippen LogP contribution is -2.52. The third kappa shape index (κ3) is 9.80. The number of carbonyl (C=O) groups is 2. The van der Waals surface area contributed by atoms with Gasteiger partial charge in [-0.2, -0.15) is 0 Å². The molecule has 2 amide bonds. The second-order valence-electron chi connectivity index (χ2n) is 10.8. The van der Waals surface area contributed by atoms with Gasteiger partial charge in [-0.3, -0.25) is 15.0 Å². The minimum absolute atomic E-state index is 0.0973. The first-order valence-electron chi connectivity index (χ1n) is 13.7. The normalized spacial score (nSPS) is 20.3. The lowest BCUT2D eigenvalue weighted by atomic mass is 9.82. The fourth-order valence-electron chi connectivity index (χ4n) is 4.71. The van der Waals surface area contributed by atoms with Crippen LogP contribution in [0.15, 0.2) is 36.4 Å². The number of hydrogen-bond acceptors (Lipinski definition) is 6. The van der Waals surface area contributed by atoms with Crippen molar-refractivity contribution in [3.63, 3.8) is 0 Å². The summed E-state index contributed by atoms with van der Waals surface area (Å²) in [4.78, 5) is 32.6. The zero-order valence-corrected chi connectivity index (χ0v) is 23.6. The van der Waals surface area contributed by atoms with Gasteiger partial charge >= 0.3 is 0 Å². The molecular formula is C28H43N3O6S. The number of ether oxygens (including phenoxy) is 1. The zero-order valence-electron chi connectivity index (χ0n) is 22.8. The Kier molecular flexibility index (Phi) is 11.8. The van der Waals surface area contributed by atoms with E-state index in [1.807, 2.05) is 56.3 Å². The van der Waals surface area contributed by atoms with Gasteiger partial charge in [0.15, 0.2) is 6.29 Å². The summed E-state index contributed by atoms with van der Waals surface area (Å²) in [5, 5.41) is 0. The van der Waals surface area contributed by atoms with Gasteiger partial charge in [-0.25, -0.2) is 18.7 Å². The van der Waals surface area contributed by atoms with E-state index in [9.17, 15) is 18.0 Å².